The van der Waals surface area contributed by atoms with Crippen LogP contribution >= 0.6 is 0 Å². The number of carbonyl (C=O) groups is 1. The van der Waals surface area contributed by atoms with Gasteiger partial charge in [0.1, 0.15) is 5.82 Å². The Morgan fingerprint density at radius 2 is 2.00 bits per heavy atom. The molecule has 0 unspecified atom stereocenters. The van der Waals surface area contributed by atoms with E-state index in [9.17, 15) is 4.79 Å². The molecule has 5 heteroatoms. The molecule has 23 heavy (non-hydrogen) atoms. The summed E-state index contributed by atoms with van der Waals surface area (Å²) in [5.41, 5.74) is 2.59. The van der Waals surface area contributed by atoms with Gasteiger partial charge in [0.15, 0.2) is 0 Å². The first-order valence-electron chi connectivity index (χ1n) is 7.47. The molecule has 116 valence electrons. The Hall–Kier alpha value is -2.95. The van der Waals surface area contributed by atoms with Gasteiger partial charge in [0.2, 0.25) is 0 Å². The van der Waals surface area contributed by atoms with E-state index < -0.39 is 0 Å². The zero-order valence-corrected chi connectivity index (χ0v) is 13.1. The maximum Gasteiger partial charge on any atom is 0.334 e. The van der Waals surface area contributed by atoms with Gasteiger partial charge in [-0.25, -0.2) is 9.78 Å². The highest BCUT2D eigenvalue weighted by Gasteiger charge is 2.13. The van der Waals surface area contributed by atoms with Crippen molar-refractivity contribution in [3.63, 3.8) is 0 Å². The number of aromatic nitrogens is 2. The summed E-state index contributed by atoms with van der Waals surface area (Å²) in [5.74, 6) is 0.478. The summed E-state index contributed by atoms with van der Waals surface area (Å²) >= 11 is 0. The van der Waals surface area contributed by atoms with Gasteiger partial charge in [0.05, 0.1) is 11.2 Å². The van der Waals surface area contributed by atoms with Crippen LogP contribution in [0.1, 0.15) is 25.8 Å². The third-order valence-corrected chi connectivity index (χ3v) is 3.57. The van der Waals surface area contributed by atoms with Crippen molar-refractivity contribution in [2.75, 3.05) is 0 Å². The molecule has 0 aliphatic rings. The molecule has 0 atom stereocenters. The van der Waals surface area contributed by atoms with E-state index >= 15 is 0 Å². The Morgan fingerprint density at radius 1 is 1.22 bits per heavy atom. The topological polar surface area (TPSA) is 56.5 Å². The van der Waals surface area contributed by atoms with E-state index in [1.807, 2.05) is 60.2 Å². The van der Waals surface area contributed by atoms with Crippen LogP contribution in [0.25, 0.3) is 16.7 Å². The highest BCUT2D eigenvalue weighted by Crippen LogP contribution is 2.24. The highest BCUT2D eigenvalue weighted by molar-refractivity contribution is 6.10. The van der Waals surface area contributed by atoms with E-state index in [1.54, 1.807) is 13.1 Å². The van der Waals surface area contributed by atoms with Gasteiger partial charge < -0.3 is 9.40 Å². The molecule has 0 amide bonds. The summed E-state index contributed by atoms with van der Waals surface area (Å²) in [4.78, 5) is 20.6. The van der Waals surface area contributed by atoms with Gasteiger partial charge in [-0.2, -0.15) is 0 Å². The molecule has 1 aromatic carbocycles. The normalized spacial score (nSPS) is 11.7. The van der Waals surface area contributed by atoms with Crippen molar-refractivity contribution in [3.8, 4) is 5.82 Å². The lowest BCUT2D eigenvalue weighted by molar-refractivity contribution is -0.143. The first-order valence-corrected chi connectivity index (χ1v) is 7.47. The minimum absolute atomic E-state index is 0.298. The maximum absolute atomic E-state index is 11.3. The molecule has 0 saturated carbocycles. The molecular formula is C18H17N3O2. The summed E-state index contributed by atoms with van der Waals surface area (Å²) in [6.07, 6.45) is 4.02. The second kappa shape index (κ2) is 6.44. The molecule has 0 bridgehead atoms. The van der Waals surface area contributed by atoms with E-state index in [-0.39, 0.29) is 5.97 Å². The van der Waals surface area contributed by atoms with Gasteiger partial charge in [-0.05, 0) is 25.1 Å². The number of para-hydroxylation sites is 1. The number of carbonyl (C=O) groups excluding carboxylic acids is 1. The van der Waals surface area contributed by atoms with E-state index in [0.29, 0.717) is 12.1 Å². The van der Waals surface area contributed by atoms with Crippen LogP contribution in [-0.2, 0) is 9.63 Å². The zero-order chi connectivity index (χ0) is 16.2. The van der Waals surface area contributed by atoms with E-state index in [2.05, 4.69) is 10.1 Å². The SMILES string of the molecule is CCC(=O)O/N=C(\C)c1cn(-c2ccccn2)c2ccccc12. The van der Waals surface area contributed by atoms with Gasteiger partial charge >= 0.3 is 5.97 Å². The lowest BCUT2D eigenvalue weighted by Crippen LogP contribution is -2.01. The number of pyridine rings is 1. The van der Waals surface area contributed by atoms with Crippen molar-refractivity contribution in [2.24, 2.45) is 5.16 Å². The number of hydrogen-bond acceptors (Lipinski definition) is 4. The Kier molecular flexibility index (Phi) is 4.19. The minimum atomic E-state index is -0.349. The summed E-state index contributed by atoms with van der Waals surface area (Å²) in [6.45, 7) is 3.56. The first kappa shape index (κ1) is 15.0. The van der Waals surface area contributed by atoms with Crippen molar-refractivity contribution in [2.45, 2.75) is 20.3 Å². The monoisotopic (exact) mass is 307 g/mol. The van der Waals surface area contributed by atoms with Crippen LogP contribution in [0, 0.1) is 0 Å². The van der Waals surface area contributed by atoms with E-state index in [4.69, 9.17) is 4.84 Å². The Labute approximate surface area is 134 Å². The molecule has 5 nitrogen and oxygen atoms in total. The molecule has 2 aromatic heterocycles. The number of nitrogens with zero attached hydrogens (tertiary/aromatic N) is 3. The van der Waals surface area contributed by atoms with Crippen LogP contribution < -0.4 is 0 Å². The molecule has 0 saturated heterocycles. The van der Waals surface area contributed by atoms with Crippen LogP contribution in [0.5, 0.6) is 0 Å². The molecule has 0 spiro atoms. The number of benzene rings is 1. The quantitative estimate of drug-likeness (QED) is 0.419. The van der Waals surface area contributed by atoms with Gasteiger partial charge in [0, 0.05) is 29.8 Å². The van der Waals surface area contributed by atoms with Crippen LogP contribution in [0.2, 0.25) is 0 Å². The number of rotatable bonds is 4. The fourth-order valence-electron chi connectivity index (χ4n) is 2.39. The third kappa shape index (κ3) is 2.99. The Morgan fingerprint density at radius 3 is 2.74 bits per heavy atom. The molecule has 0 aliphatic carbocycles. The lowest BCUT2D eigenvalue weighted by Gasteiger charge is -2.02. The van der Waals surface area contributed by atoms with Gasteiger partial charge in [-0.1, -0.05) is 36.3 Å². The van der Waals surface area contributed by atoms with Gasteiger partial charge in [-0.3, -0.25) is 0 Å². The lowest BCUT2D eigenvalue weighted by atomic mass is 10.1. The summed E-state index contributed by atoms with van der Waals surface area (Å²) < 4.78 is 2.01. The summed E-state index contributed by atoms with van der Waals surface area (Å²) in [6, 6.07) is 13.8. The van der Waals surface area contributed by atoms with Crippen LogP contribution in [-0.4, -0.2) is 21.2 Å². The van der Waals surface area contributed by atoms with Crippen LogP contribution in [0.15, 0.2) is 60.0 Å². The summed E-state index contributed by atoms with van der Waals surface area (Å²) in [5, 5.41) is 4.99. The fraction of sp³-hybridized carbons (Fsp3) is 0.167. The predicted molar refractivity (Wildman–Crippen MR) is 89.7 cm³/mol. The van der Waals surface area contributed by atoms with Crippen molar-refractivity contribution >= 4 is 22.6 Å². The minimum Gasteiger partial charge on any atom is -0.318 e. The second-order valence-corrected chi connectivity index (χ2v) is 5.11. The highest BCUT2D eigenvalue weighted by atomic mass is 16.7. The zero-order valence-electron chi connectivity index (χ0n) is 13.1. The predicted octanol–water partition coefficient (Wildman–Crippen LogP) is 3.70. The number of fused-ring (bicyclic) bond motifs is 1. The second-order valence-electron chi connectivity index (χ2n) is 5.11. The van der Waals surface area contributed by atoms with Crippen LogP contribution in [0.4, 0.5) is 0 Å². The maximum atomic E-state index is 11.3. The smallest absolute Gasteiger partial charge is 0.318 e. The molecule has 0 fully saturated rings. The molecule has 0 radical (unpaired) electrons. The molecular weight excluding hydrogens is 290 g/mol. The molecule has 0 N–H and O–H groups in total. The standard InChI is InChI=1S/C18H17N3O2/c1-3-18(22)23-20-13(2)15-12-21(17-10-6-7-11-19-17)16-9-5-4-8-14(15)16/h4-12H,3H2,1-2H3/b20-13+. The summed E-state index contributed by atoms with van der Waals surface area (Å²) in [7, 11) is 0. The number of hydrogen-bond donors (Lipinski definition) is 0. The van der Waals surface area contributed by atoms with Gasteiger partial charge in [-0.15, -0.1) is 0 Å². The molecule has 3 aromatic rings. The molecule has 2 heterocycles. The van der Waals surface area contributed by atoms with Crippen LogP contribution in [0.3, 0.4) is 0 Å². The molecule has 0 aliphatic heterocycles. The van der Waals surface area contributed by atoms with Gasteiger partial charge in [0.25, 0.3) is 0 Å². The average Bonchev–Trinajstić information content (AvgIpc) is 3.00. The van der Waals surface area contributed by atoms with E-state index in [1.165, 1.54) is 0 Å². The largest absolute Gasteiger partial charge is 0.334 e. The Balaban J connectivity index is 2.10. The van der Waals surface area contributed by atoms with E-state index in [0.717, 1.165) is 22.3 Å². The van der Waals surface area contributed by atoms with Crippen molar-refractivity contribution in [1.29, 1.82) is 0 Å². The third-order valence-electron chi connectivity index (χ3n) is 3.57. The number of oxime groups is 1. The van der Waals surface area contributed by atoms with Crippen molar-refractivity contribution in [3.05, 3.63) is 60.4 Å². The van der Waals surface area contributed by atoms with Crippen molar-refractivity contribution in [1.82, 2.24) is 9.55 Å². The molecule has 3 rings (SSSR count). The first-order chi connectivity index (χ1) is 11.2. The fourth-order valence-corrected chi connectivity index (χ4v) is 2.39. The Bertz CT molecular complexity index is 866. The average molecular weight is 307 g/mol. The van der Waals surface area contributed by atoms with Crippen molar-refractivity contribution < 1.29 is 9.63 Å².